The third-order valence-electron chi connectivity index (χ3n) is 2.95. The van der Waals surface area contributed by atoms with Gasteiger partial charge in [0, 0.05) is 19.2 Å². The molecule has 0 unspecified atom stereocenters. The molecule has 3 rings (SSSR count). The van der Waals surface area contributed by atoms with Crippen LogP contribution < -0.4 is 4.90 Å². The molecule has 0 amide bonds. The van der Waals surface area contributed by atoms with Gasteiger partial charge in [-0.2, -0.15) is 0 Å². The Labute approximate surface area is 114 Å². The molecule has 3 nitrogen and oxygen atoms in total. The minimum atomic E-state index is -0.189. The quantitative estimate of drug-likeness (QED) is 0.731. The van der Waals surface area contributed by atoms with Crippen LogP contribution in [-0.4, -0.2) is 17.0 Å². The fourth-order valence-electron chi connectivity index (χ4n) is 2.00. The summed E-state index contributed by atoms with van der Waals surface area (Å²) in [6.45, 7) is 0.483. The van der Waals surface area contributed by atoms with Crippen LogP contribution in [-0.2, 0) is 6.54 Å². The first-order valence-corrected chi connectivity index (χ1v) is 6.76. The van der Waals surface area contributed by atoms with Gasteiger partial charge < -0.3 is 4.90 Å². The molecule has 0 spiro atoms. The number of benzene rings is 1. The van der Waals surface area contributed by atoms with Crippen molar-refractivity contribution in [2.45, 2.75) is 6.54 Å². The molecule has 2 heterocycles. The Morgan fingerprint density at radius 1 is 1.21 bits per heavy atom. The van der Waals surface area contributed by atoms with E-state index in [1.165, 1.54) is 6.07 Å². The van der Waals surface area contributed by atoms with Gasteiger partial charge in [-0.1, -0.05) is 18.2 Å². The largest absolute Gasteiger partial charge is 0.354 e. The van der Waals surface area contributed by atoms with E-state index in [2.05, 4.69) is 9.97 Å². The molecule has 0 saturated heterocycles. The van der Waals surface area contributed by atoms with Crippen molar-refractivity contribution in [2.24, 2.45) is 0 Å². The van der Waals surface area contributed by atoms with Crippen molar-refractivity contribution in [1.82, 2.24) is 9.97 Å². The van der Waals surface area contributed by atoms with Crippen LogP contribution in [0.15, 0.2) is 42.0 Å². The fourth-order valence-corrected chi connectivity index (χ4v) is 2.89. The van der Waals surface area contributed by atoms with Crippen LogP contribution in [0.3, 0.4) is 0 Å². The average molecular weight is 273 g/mol. The van der Waals surface area contributed by atoms with E-state index >= 15 is 0 Å². The van der Waals surface area contributed by atoms with Gasteiger partial charge in [0.25, 0.3) is 0 Å². The lowest BCUT2D eigenvalue weighted by atomic mass is 10.2. The summed E-state index contributed by atoms with van der Waals surface area (Å²) in [6, 6.07) is 8.76. The summed E-state index contributed by atoms with van der Waals surface area (Å²) < 4.78 is 14.7. The van der Waals surface area contributed by atoms with E-state index in [1.807, 2.05) is 29.5 Å². The average Bonchev–Trinajstić information content (AvgIpc) is 2.89. The van der Waals surface area contributed by atoms with Crippen molar-refractivity contribution in [2.75, 3.05) is 11.9 Å². The van der Waals surface area contributed by atoms with E-state index < -0.39 is 0 Å². The maximum Gasteiger partial charge on any atom is 0.150 e. The lowest BCUT2D eigenvalue weighted by molar-refractivity contribution is 0.607. The molecule has 2 aromatic heterocycles. The van der Waals surface area contributed by atoms with Gasteiger partial charge in [0.2, 0.25) is 0 Å². The van der Waals surface area contributed by atoms with E-state index in [1.54, 1.807) is 29.8 Å². The predicted molar refractivity (Wildman–Crippen MR) is 75.9 cm³/mol. The molecule has 0 bridgehead atoms. The number of fused-ring (bicyclic) bond motifs is 1. The first-order chi connectivity index (χ1) is 9.25. The number of aromatic nitrogens is 2. The summed E-state index contributed by atoms with van der Waals surface area (Å²) in [5.74, 6) is 0.647. The second kappa shape index (κ2) is 4.93. The van der Waals surface area contributed by atoms with E-state index in [-0.39, 0.29) is 5.82 Å². The first-order valence-electron chi connectivity index (χ1n) is 5.88. The number of rotatable bonds is 3. The third-order valence-corrected chi connectivity index (χ3v) is 3.85. The normalized spacial score (nSPS) is 10.8. The lowest BCUT2D eigenvalue weighted by Gasteiger charge is -2.18. The summed E-state index contributed by atoms with van der Waals surface area (Å²) in [5, 5.41) is 1.99. The second-order valence-corrected chi connectivity index (χ2v) is 5.20. The van der Waals surface area contributed by atoms with Crippen molar-refractivity contribution < 1.29 is 4.39 Å². The highest BCUT2D eigenvalue weighted by Gasteiger charge is 2.11. The fraction of sp³-hybridized carbons (Fsp3) is 0.143. The van der Waals surface area contributed by atoms with Crippen molar-refractivity contribution in [1.29, 1.82) is 0 Å². The number of hydrogen-bond donors (Lipinski definition) is 0. The van der Waals surface area contributed by atoms with Crippen LogP contribution in [0.25, 0.3) is 10.2 Å². The van der Waals surface area contributed by atoms with Crippen molar-refractivity contribution in [3.63, 3.8) is 0 Å². The molecule has 0 saturated carbocycles. The Kier molecular flexibility index (Phi) is 3.13. The van der Waals surface area contributed by atoms with Gasteiger partial charge in [0.15, 0.2) is 0 Å². The number of anilines is 1. The molecule has 96 valence electrons. The summed E-state index contributed by atoms with van der Waals surface area (Å²) in [5.41, 5.74) is 1.59. The Morgan fingerprint density at radius 3 is 2.89 bits per heavy atom. The Balaban J connectivity index is 1.94. The molecule has 1 aromatic carbocycles. The summed E-state index contributed by atoms with van der Waals surface area (Å²) in [4.78, 5) is 10.5. The maximum absolute atomic E-state index is 13.7. The van der Waals surface area contributed by atoms with Crippen LogP contribution in [0.4, 0.5) is 10.2 Å². The van der Waals surface area contributed by atoms with Gasteiger partial charge in [-0.3, -0.25) is 0 Å². The third kappa shape index (κ3) is 2.29. The topological polar surface area (TPSA) is 29.0 Å². The van der Waals surface area contributed by atoms with Crippen molar-refractivity contribution >= 4 is 27.4 Å². The number of halogens is 1. The number of nitrogens with zero attached hydrogens (tertiary/aromatic N) is 3. The van der Waals surface area contributed by atoms with Crippen LogP contribution >= 0.6 is 11.3 Å². The van der Waals surface area contributed by atoms with Crippen molar-refractivity contribution in [3.8, 4) is 0 Å². The molecule has 0 aliphatic rings. The standard InChI is InChI=1S/C14H12FN3S/c1-18(8-10-4-2-3-5-11(10)15)14-13-12(6-7-19-13)16-9-17-14/h2-7,9H,8H2,1H3. The van der Waals surface area contributed by atoms with Crippen LogP contribution in [0, 0.1) is 5.82 Å². The van der Waals surface area contributed by atoms with Crippen molar-refractivity contribution in [3.05, 3.63) is 53.4 Å². The summed E-state index contributed by atoms with van der Waals surface area (Å²) >= 11 is 1.60. The van der Waals surface area contributed by atoms with Gasteiger partial charge in [-0.05, 0) is 17.5 Å². The zero-order chi connectivity index (χ0) is 13.2. The van der Waals surface area contributed by atoms with E-state index in [0.29, 0.717) is 12.1 Å². The highest BCUT2D eigenvalue weighted by Crippen LogP contribution is 2.28. The van der Waals surface area contributed by atoms with Gasteiger partial charge in [0.1, 0.15) is 18.0 Å². The predicted octanol–water partition coefficient (Wildman–Crippen LogP) is 3.47. The summed E-state index contributed by atoms with van der Waals surface area (Å²) in [6.07, 6.45) is 1.54. The molecule has 0 fully saturated rings. The molecule has 3 aromatic rings. The molecular weight excluding hydrogens is 261 g/mol. The minimum Gasteiger partial charge on any atom is -0.354 e. The zero-order valence-corrected chi connectivity index (χ0v) is 11.2. The number of thiophene rings is 1. The molecular formula is C14H12FN3S. The molecule has 19 heavy (non-hydrogen) atoms. The zero-order valence-electron chi connectivity index (χ0n) is 10.4. The molecule has 0 aliphatic carbocycles. The molecule has 0 aliphatic heterocycles. The van der Waals surface area contributed by atoms with E-state index in [9.17, 15) is 4.39 Å². The monoisotopic (exact) mass is 273 g/mol. The second-order valence-electron chi connectivity index (χ2n) is 4.28. The Morgan fingerprint density at radius 2 is 2.05 bits per heavy atom. The number of hydrogen-bond acceptors (Lipinski definition) is 4. The van der Waals surface area contributed by atoms with Crippen LogP contribution in [0.2, 0.25) is 0 Å². The Hall–Kier alpha value is -2.01. The minimum absolute atomic E-state index is 0.189. The molecule has 5 heteroatoms. The summed E-state index contributed by atoms with van der Waals surface area (Å²) in [7, 11) is 1.91. The smallest absolute Gasteiger partial charge is 0.150 e. The van der Waals surface area contributed by atoms with E-state index in [0.717, 1.165) is 16.0 Å². The first kappa shape index (κ1) is 12.0. The highest BCUT2D eigenvalue weighted by atomic mass is 32.1. The SMILES string of the molecule is CN(Cc1ccccc1F)c1ncnc2ccsc12. The molecule has 0 N–H and O–H groups in total. The maximum atomic E-state index is 13.7. The van der Waals surface area contributed by atoms with Gasteiger partial charge in [0.05, 0.1) is 10.2 Å². The highest BCUT2D eigenvalue weighted by molar-refractivity contribution is 7.17. The van der Waals surface area contributed by atoms with Crippen LogP contribution in [0.1, 0.15) is 5.56 Å². The van der Waals surface area contributed by atoms with Crippen LogP contribution in [0.5, 0.6) is 0 Å². The Bertz CT molecular complexity index is 710. The molecule has 0 radical (unpaired) electrons. The molecule has 0 atom stereocenters. The van der Waals surface area contributed by atoms with Gasteiger partial charge >= 0.3 is 0 Å². The van der Waals surface area contributed by atoms with Gasteiger partial charge in [-0.25, -0.2) is 14.4 Å². The lowest BCUT2D eigenvalue weighted by Crippen LogP contribution is -2.18. The van der Waals surface area contributed by atoms with Gasteiger partial charge in [-0.15, -0.1) is 11.3 Å². The van der Waals surface area contributed by atoms with E-state index in [4.69, 9.17) is 0 Å².